The van der Waals surface area contributed by atoms with E-state index in [1.807, 2.05) is 0 Å². The maximum atomic E-state index is 11.5. The number of rotatable bonds is 4. The lowest BCUT2D eigenvalue weighted by atomic mass is 11.9. The van der Waals surface area contributed by atoms with E-state index in [2.05, 4.69) is 0 Å². The van der Waals surface area contributed by atoms with E-state index in [1.54, 1.807) is 0 Å². The second-order valence-corrected chi connectivity index (χ2v) is 12.0. The Balaban J connectivity index is 4.54. The third-order valence-corrected chi connectivity index (χ3v) is 8.00. The fourth-order valence-corrected chi connectivity index (χ4v) is 8.73. The van der Waals surface area contributed by atoms with Gasteiger partial charge in [0.15, 0.2) is 0 Å². The second-order valence-electron chi connectivity index (χ2n) is 3.54. The molecule has 0 spiro atoms. The molecule has 8 heteroatoms. The van der Waals surface area contributed by atoms with Gasteiger partial charge >= 0.3 is 0 Å². The lowest BCUT2D eigenvalue weighted by Gasteiger charge is -2.17. The highest BCUT2D eigenvalue weighted by Crippen LogP contribution is 2.63. The van der Waals surface area contributed by atoms with Crippen LogP contribution in [0.3, 0.4) is 0 Å². The Morgan fingerprint density at radius 1 is 1.08 bits per heavy atom. The summed E-state index contributed by atoms with van der Waals surface area (Å²) < 4.78 is 38.4. The Kier molecular flexibility index (Phi) is 4.19. The van der Waals surface area contributed by atoms with E-state index in [0.29, 0.717) is 0 Å². The van der Waals surface area contributed by atoms with Crippen molar-refractivity contribution >= 4 is 22.1 Å². The Labute approximate surface area is 78.2 Å². The minimum absolute atomic E-state index is 0.425. The van der Waals surface area contributed by atoms with Gasteiger partial charge in [-0.3, -0.25) is 18.0 Å². The van der Waals surface area contributed by atoms with Gasteiger partial charge in [0.2, 0.25) is 22.1 Å². The predicted octanol–water partition coefficient (Wildman–Crippen LogP) is 2.31. The molecule has 0 saturated heterocycles. The molecule has 0 rings (SSSR count). The molecule has 2 unspecified atom stereocenters. The molecule has 0 bridgehead atoms. The molecular formula is C5H15O5P3. The summed E-state index contributed by atoms with van der Waals surface area (Å²) in [5, 5.41) is 0. The first-order valence-corrected chi connectivity index (χ1v) is 10.6. The second kappa shape index (κ2) is 4.00. The van der Waals surface area contributed by atoms with Gasteiger partial charge in [0.25, 0.3) is 0 Å². The van der Waals surface area contributed by atoms with Gasteiger partial charge < -0.3 is 4.89 Å². The minimum Gasteiger partial charge on any atom is -0.344 e. The zero-order valence-electron chi connectivity index (χ0n) is 8.13. The Hall–Kier alpha value is 0.610. The van der Waals surface area contributed by atoms with E-state index in [4.69, 9.17) is 9.20 Å². The molecule has 0 aliphatic heterocycles. The fourth-order valence-electron chi connectivity index (χ4n) is 0.918. The van der Waals surface area contributed by atoms with E-state index in [-0.39, 0.29) is 0 Å². The van der Waals surface area contributed by atoms with Crippen LogP contribution in [0.4, 0.5) is 0 Å². The molecule has 0 heterocycles. The van der Waals surface area contributed by atoms with E-state index in [1.165, 1.54) is 20.0 Å². The molecule has 0 aromatic carbocycles. The van der Waals surface area contributed by atoms with Crippen molar-refractivity contribution in [3.63, 3.8) is 0 Å². The van der Waals surface area contributed by atoms with E-state index < -0.39 is 28.0 Å². The molecule has 13 heavy (non-hydrogen) atoms. The third kappa shape index (κ3) is 8.93. The lowest BCUT2D eigenvalue weighted by Crippen LogP contribution is -1.92. The fraction of sp³-hybridized carbons (Fsp3) is 1.00. The van der Waals surface area contributed by atoms with Crippen LogP contribution < -0.4 is 0 Å². The van der Waals surface area contributed by atoms with Crippen molar-refractivity contribution in [2.75, 3.05) is 32.6 Å². The van der Waals surface area contributed by atoms with E-state index in [0.717, 1.165) is 6.66 Å². The molecule has 5 nitrogen and oxygen atoms in total. The maximum absolute atomic E-state index is 11.5. The highest BCUT2D eigenvalue weighted by atomic mass is 31.3. The molecule has 0 saturated carbocycles. The van der Waals surface area contributed by atoms with Crippen molar-refractivity contribution in [2.45, 2.75) is 0 Å². The van der Waals surface area contributed by atoms with Crippen LogP contribution in [0.15, 0.2) is 0 Å². The van der Waals surface area contributed by atoms with Crippen molar-refractivity contribution in [2.24, 2.45) is 0 Å². The summed E-state index contributed by atoms with van der Waals surface area (Å²) >= 11 is 0. The summed E-state index contributed by atoms with van der Waals surface area (Å²) in [6.45, 7) is 4.96. The Morgan fingerprint density at radius 2 is 1.46 bits per heavy atom. The van der Waals surface area contributed by atoms with Crippen molar-refractivity contribution in [3.05, 3.63) is 0 Å². The topological polar surface area (TPSA) is 80.7 Å². The van der Waals surface area contributed by atoms with Crippen molar-refractivity contribution in [1.29, 1.82) is 0 Å². The average molecular weight is 248 g/mol. The average Bonchev–Trinajstić information content (AvgIpc) is 1.43. The van der Waals surface area contributed by atoms with Crippen molar-refractivity contribution in [1.82, 2.24) is 0 Å². The Bertz CT molecular complexity index is 282. The SMILES string of the molecule is CP(=O)(O)CP(C)(=O)OP(C)(C)=O. The van der Waals surface area contributed by atoms with Gasteiger partial charge in [-0.05, 0) is 0 Å². The largest absolute Gasteiger partial charge is 0.344 e. The predicted molar refractivity (Wildman–Crippen MR) is 54.7 cm³/mol. The highest BCUT2D eigenvalue weighted by Gasteiger charge is 2.29. The molecule has 2 atom stereocenters. The summed E-state index contributed by atoms with van der Waals surface area (Å²) in [5.41, 5.74) is 0. The monoisotopic (exact) mass is 248 g/mol. The first-order chi connectivity index (χ1) is 5.41. The molecule has 0 aromatic rings. The number of hydrogen-bond acceptors (Lipinski definition) is 4. The molecule has 0 amide bonds. The molecule has 1 N–H and O–H groups in total. The maximum Gasteiger partial charge on any atom is 0.215 e. The van der Waals surface area contributed by atoms with Crippen LogP contribution in [0, 0.1) is 0 Å². The zero-order chi connectivity index (χ0) is 10.9. The van der Waals surface area contributed by atoms with E-state index >= 15 is 0 Å². The normalized spacial score (nSPS) is 21.9. The molecule has 0 fully saturated rings. The summed E-state index contributed by atoms with van der Waals surface area (Å²) in [6, 6.07) is 0. The van der Waals surface area contributed by atoms with Crippen LogP contribution in [-0.4, -0.2) is 37.5 Å². The van der Waals surface area contributed by atoms with E-state index in [9.17, 15) is 13.7 Å². The third-order valence-electron chi connectivity index (χ3n) is 0.889. The summed E-state index contributed by atoms with van der Waals surface area (Å²) in [4.78, 5) is 8.96. The minimum atomic E-state index is -3.38. The van der Waals surface area contributed by atoms with Gasteiger partial charge in [0.1, 0.15) is 5.90 Å². The Morgan fingerprint density at radius 3 is 1.69 bits per heavy atom. The first kappa shape index (κ1) is 13.6. The van der Waals surface area contributed by atoms with Gasteiger partial charge in [-0.2, -0.15) is 0 Å². The van der Waals surface area contributed by atoms with Gasteiger partial charge in [-0.15, -0.1) is 0 Å². The van der Waals surface area contributed by atoms with Gasteiger partial charge in [0.05, 0.1) is 0 Å². The smallest absolute Gasteiger partial charge is 0.215 e. The molecule has 80 valence electrons. The van der Waals surface area contributed by atoms with Crippen LogP contribution in [0.5, 0.6) is 0 Å². The lowest BCUT2D eigenvalue weighted by molar-refractivity contribution is 0.465. The van der Waals surface area contributed by atoms with Crippen molar-refractivity contribution in [3.8, 4) is 0 Å². The van der Waals surface area contributed by atoms with Crippen molar-refractivity contribution < 1.29 is 22.9 Å². The zero-order valence-corrected chi connectivity index (χ0v) is 10.8. The quantitative estimate of drug-likeness (QED) is 0.772. The van der Waals surface area contributed by atoms with Gasteiger partial charge in [0, 0.05) is 26.7 Å². The van der Waals surface area contributed by atoms with Crippen LogP contribution in [-0.2, 0) is 18.0 Å². The molecule has 0 aliphatic rings. The first-order valence-electron chi connectivity index (χ1n) is 3.53. The van der Waals surface area contributed by atoms with Crippen LogP contribution in [0.1, 0.15) is 0 Å². The van der Waals surface area contributed by atoms with Gasteiger partial charge in [-0.25, -0.2) is 0 Å². The van der Waals surface area contributed by atoms with Gasteiger partial charge in [-0.1, -0.05) is 0 Å². The molecular weight excluding hydrogens is 233 g/mol. The number of hydrogen-bond donors (Lipinski definition) is 1. The highest BCUT2D eigenvalue weighted by molar-refractivity contribution is 7.79. The standard InChI is InChI=1S/C5H15O5P3/c1-11(2,6)10-13(4,9)5-12(3,7)8/h5H2,1-4H3,(H,7,8). The summed E-state index contributed by atoms with van der Waals surface area (Å²) in [7, 11) is -9.46. The van der Waals surface area contributed by atoms with Crippen LogP contribution in [0.25, 0.3) is 0 Å². The van der Waals surface area contributed by atoms with Crippen LogP contribution >= 0.6 is 22.1 Å². The summed E-state index contributed by atoms with van der Waals surface area (Å²) in [6.07, 6.45) is 0. The molecule has 0 aromatic heterocycles. The van der Waals surface area contributed by atoms with Crippen LogP contribution in [0.2, 0.25) is 0 Å². The molecule has 0 radical (unpaired) electrons. The molecule has 0 aliphatic carbocycles. The summed E-state index contributed by atoms with van der Waals surface area (Å²) in [5.74, 6) is -0.425.